The number of rotatable bonds is 15. The summed E-state index contributed by atoms with van der Waals surface area (Å²) in [6.45, 7) is 2.31. The standard InChI is InChI=1S/C27H41O6P/c1-3-34(31,32)17-7-5-4-6-14-24-25(27(30)19-26(24)29)16-15-23(28)13-9-11-21-10-8-12-22(18-21)20-33-2/h4,6,8,10,12,15-16,18,23-25,27-28,30H,3,5,7,9,11,13-14,17,19-20H2,1-2H3,(H,31,32)/t23-,24+,25+,27+/m0/s1. The molecule has 0 aromatic heterocycles. The second-order valence-electron chi connectivity index (χ2n) is 9.25. The number of carbonyl (C=O) groups excluding carboxylic acids is 1. The molecule has 0 amide bonds. The molecule has 3 N–H and O–H groups in total. The van der Waals surface area contributed by atoms with Gasteiger partial charge in [0.15, 0.2) is 7.37 Å². The smallest absolute Gasteiger partial charge is 0.200 e. The summed E-state index contributed by atoms with van der Waals surface area (Å²) in [6.07, 6.45) is 11.0. The Morgan fingerprint density at radius 2 is 2.00 bits per heavy atom. The van der Waals surface area contributed by atoms with Gasteiger partial charge in [0.05, 0.1) is 18.8 Å². The van der Waals surface area contributed by atoms with Gasteiger partial charge in [-0.15, -0.1) is 0 Å². The number of hydrogen-bond acceptors (Lipinski definition) is 5. The van der Waals surface area contributed by atoms with Crippen molar-refractivity contribution in [1.29, 1.82) is 0 Å². The molecule has 1 aromatic carbocycles. The second kappa shape index (κ2) is 14.8. The number of aliphatic hydroxyl groups is 2. The quantitative estimate of drug-likeness (QED) is 0.187. The molecule has 0 aliphatic heterocycles. The van der Waals surface area contributed by atoms with Crippen LogP contribution in [0.15, 0.2) is 48.6 Å². The third-order valence-corrected chi connectivity index (χ3v) is 8.49. The van der Waals surface area contributed by atoms with Gasteiger partial charge in [0.25, 0.3) is 0 Å². The Morgan fingerprint density at radius 1 is 1.24 bits per heavy atom. The van der Waals surface area contributed by atoms with Crippen LogP contribution in [-0.4, -0.2) is 52.5 Å². The summed E-state index contributed by atoms with van der Waals surface area (Å²) in [5, 5.41) is 20.7. The molecule has 2 rings (SSSR count). The number of ether oxygens (including phenoxy) is 1. The minimum absolute atomic E-state index is 0.0445. The van der Waals surface area contributed by atoms with Gasteiger partial charge in [-0.3, -0.25) is 9.36 Å². The Morgan fingerprint density at radius 3 is 2.74 bits per heavy atom. The molecule has 0 heterocycles. The molecule has 7 heteroatoms. The molecule has 0 saturated heterocycles. The van der Waals surface area contributed by atoms with E-state index >= 15 is 0 Å². The van der Waals surface area contributed by atoms with Crippen LogP contribution in [0.3, 0.4) is 0 Å². The van der Waals surface area contributed by atoms with Crippen molar-refractivity contribution in [1.82, 2.24) is 0 Å². The SMILES string of the molecule is CCP(=O)(O)CCCC=CC[C@H]1C(=O)C[C@@H](O)[C@@H]1C=C[C@@H](O)CCCc1cccc(COC)c1. The molecule has 1 aliphatic carbocycles. The zero-order chi connectivity index (χ0) is 25.0. The summed E-state index contributed by atoms with van der Waals surface area (Å²) in [7, 11) is -1.30. The number of allylic oxidation sites excluding steroid dienone is 2. The Bertz CT molecular complexity index is 864. The first kappa shape index (κ1) is 28.7. The van der Waals surface area contributed by atoms with Crippen LogP contribution in [0.2, 0.25) is 0 Å². The van der Waals surface area contributed by atoms with Crippen LogP contribution in [-0.2, 0) is 27.1 Å². The molecule has 1 saturated carbocycles. The maximum absolute atomic E-state index is 12.4. The van der Waals surface area contributed by atoms with E-state index in [1.807, 2.05) is 24.3 Å². The summed E-state index contributed by atoms with van der Waals surface area (Å²) in [6, 6.07) is 8.25. The number of unbranched alkanes of at least 4 members (excludes halogenated alkanes) is 1. The highest BCUT2D eigenvalue weighted by molar-refractivity contribution is 7.57. The van der Waals surface area contributed by atoms with Crippen molar-refractivity contribution in [3.63, 3.8) is 0 Å². The molecular formula is C27H41O6P. The monoisotopic (exact) mass is 492 g/mol. The highest BCUT2D eigenvalue weighted by atomic mass is 31.2. The summed E-state index contributed by atoms with van der Waals surface area (Å²) in [5.41, 5.74) is 2.35. The zero-order valence-electron chi connectivity index (χ0n) is 20.5. The number of carbonyl (C=O) groups is 1. The minimum atomic E-state index is -2.98. The van der Waals surface area contributed by atoms with Gasteiger partial charge in [0, 0.05) is 37.7 Å². The van der Waals surface area contributed by atoms with Crippen molar-refractivity contribution in [3.8, 4) is 0 Å². The van der Waals surface area contributed by atoms with E-state index in [0.717, 1.165) is 18.4 Å². The first-order valence-electron chi connectivity index (χ1n) is 12.4. The molecule has 190 valence electrons. The Hall–Kier alpha value is -1.56. The van der Waals surface area contributed by atoms with Crippen molar-refractivity contribution in [2.75, 3.05) is 19.4 Å². The van der Waals surface area contributed by atoms with Crippen molar-refractivity contribution in [3.05, 3.63) is 59.7 Å². The lowest BCUT2D eigenvalue weighted by Crippen LogP contribution is -2.18. The second-order valence-corrected chi connectivity index (χ2v) is 12.0. The highest BCUT2D eigenvalue weighted by Crippen LogP contribution is 2.40. The maximum Gasteiger partial charge on any atom is 0.200 e. The van der Waals surface area contributed by atoms with E-state index in [9.17, 15) is 24.5 Å². The van der Waals surface area contributed by atoms with Gasteiger partial charge in [-0.25, -0.2) is 0 Å². The van der Waals surface area contributed by atoms with Gasteiger partial charge >= 0.3 is 0 Å². The number of methoxy groups -OCH3 is 1. The Balaban J connectivity index is 1.79. The third kappa shape index (κ3) is 9.97. The maximum atomic E-state index is 12.4. The average Bonchev–Trinajstić information content (AvgIpc) is 3.07. The molecule has 1 unspecified atom stereocenters. The molecule has 34 heavy (non-hydrogen) atoms. The Kier molecular flexibility index (Phi) is 12.4. The summed E-state index contributed by atoms with van der Waals surface area (Å²) < 4.78 is 16.8. The fraction of sp³-hybridized carbons (Fsp3) is 0.593. The normalized spacial score (nSPS) is 23.7. The predicted octanol–water partition coefficient (Wildman–Crippen LogP) is 4.66. The topological polar surface area (TPSA) is 104 Å². The van der Waals surface area contributed by atoms with Gasteiger partial charge in [0.2, 0.25) is 0 Å². The van der Waals surface area contributed by atoms with Crippen molar-refractivity contribution >= 4 is 13.2 Å². The van der Waals surface area contributed by atoms with Gasteiger partial charge in [-0.2, -0.15) is 0 Å². The molecule has 1 aromatic rings. The van der Waals surface area contributed by atoms with Crippen LogP contribution in [0, 0.1) is 11.8 Å². The molecule has 0 bridgehead atoms. The molecule has 6 nitrogen and oxygen atoms in total. The molecule has 1 aliphatic rings. The van der Waals surface area contributed by atoms with E-state index in [1.54, 1.807) is 26.2 Å². The van der Waals surface area contributed by atoms with E-state index in [1.165, 1.54) is 5.56 Å². The van der Waals surface area contributed by atoms with Crippen LogP contribution in [0.1, 0.15) is 56.6 Å². The predicted molar refractivity (Wildman–Crippen MR) is 136 cm³/mol. The van der Waals surface area contributed by atoms with Crippen LogP contribution < -0.4 is 0 Å². The molecule has 1 fully saturated rings. The van der Waals surface area contributed by atoms with Gasteiger partial charge < -0.3 is 19.8 Å². The fourth-order valence-corrected chi connectivity index (χ4v) is 5.41. The first-order chi connectivity index (χ1) is 16.3. The molecule has 5 atom stereocenters. The minimum Gasteiger partial charge on any atom is -0.392 e. The first-order valence-corrected chi connectivity index (χ1v) is 14.4. The Labute approximate surface area is 204 Å². The van der Waals surface area contributed by atoms with Crippen LogP contribution in [0.4, 0.5) is 0 Å². The number of aryl methyl sites for hydroxylation is 1. The van der Waals surface area contributed by atoms with Gasteiger partial charge in [0.1, 0.15) is 5.78 Å². The summed E-state index contributed by atoms with van der Waals surface area (Å²) in [5.74, 6) is -0.545. The number of Topliss-reactive ketones (excluding diaryl/α,β-unsaturated/α-hetero) is 1. The van der Waals surface area contributed by atoms with Crippen molar-refractivity contribution < 1.29 is 29.2 Å². The summed E-state index contributed by atoms with van der Waals surface area (Å²) in [4.78, 5) is 22.0. The van der Waals surface area contributed by atoms with Crippen LogP contribution in [0.25, 0.3) is 0 Å². The number of ketones is 1. The number of hydrogen-bond donors (Lipinski definition) is 3. The lowest BCUT2D eigenvalue weighted by Gasteiger charge is -2.16. The van der Waals surface area contributed by atoms with E-state index in [2.05, 4.69) is 12.1 Å². The van der Waals surface area contributed by atoms with Crippen LogP contribution >= 0.6 is 7.37 Å². The molecule has 0 radical (unpaired) electrons. The van der Waals surface area contributed by atoms with E-state index in [4.69, 9.17) is 4.74 Å². The van der Waals surface area contributed by atoms with Crippen molar-refractivity contribution in [2.45, 2.75) is 70.7 Å². The van der Waals surface area contributed by atoms with Crippen LogP contribution in [0.5, 0.6) is 0 Å². The largest absolute Gasteiger partial charge is 0.392 e. The molecular weight excluding hydrogens is 451 g/mol. The fourth-order valence-electron chi connectivity index (χ4n) is 4.41. The van der Waals surface area contributed by atoms with Gasteiger partial charge in [-0.05, 0) is 49.7 Å². The summed E-state index contributed by atoms with van der Waals surface area (Å²) >= 11 is 0. The van der Waals surface area contributed by atoms with Gasteiger partial charge in [-0.1, -0.05) is 55.5 Å². The highest BCUT2D eigenvalue weighted by Gasteiger charge is 2.39. The lowest BCUT2D eigenvalue weighted by molar-refractivity contribution is -0.121. The van der Waals surface area contributed by atoms with E-state index < -0.39 is 19.6 Å². The van der Waals surface area contributed by atoms with E-state index in [-0.39, 0.29) is 24.0 Å². The third-order valence-electron chi connectivity index (χ3n) is 6.49. The average molecular weight is 493 g/mol. The zero-order valence-corrected chi connectivity index (χ0v) is 21.4. The lowest BCUT2D eigenvalue weighted by atomic mass is 9.90. The molecule has 0 spiro atoms. The number of benzene rings is 1. The van der Waals surface area contributed by atoms with E-state index in [0.29, 0.717) is 44.6 Å². The number of aliphatic hydroxyl groups excluding tert-OH is 2. The van der Waals surface area contributed by atoms with Crippen molar-refractivity contribution in [2.24, 2.45) is 11.8 Å².